The Bertz CT molecular complexity index is 980. The van der Waals surface area contributed by atoms with E-state index in [1.807, 2.05) is 29.2 Å². The molecule has 1 aromatic carbocycles. The van der Waals surface area contributed by atoms with E-state index in [4.69, 9.17) is 4.74 Å². The van der Waals surface area contributed by atoms with Gasteiger partial charge in [0.2, 0.25) is 0 Å². The van der Waals surface area contributed by atoms with E-state index in [0.717, 1.165) is 16.8 Å². The zero-order chi connectivity index (χ0) is 21.2. The van der Waals surface area contributed by atoms with Crippen LogP contribution in [0.25, 0.3) is 6.08 Å². The van der Waals surface area contributed by atoms with Crippen LogP contribution in [0.5, 0.6) is 0 Å². The first-order chi connectivity index (χ1) is 13.6. The number of halogens is 3. The van der Waals surface area contributed by atoms with E-state index in [0.29, 0.717) is 18.5 Å². The average Bonchev–Trinajstić information content (AvgIpc) is 2.90. The molecule has 0 saturated carbocycles. The fourth-order valence-corrected chi connectivity index (χ4v) is 3.89. The molecule has 1 saturated heterocycles. The number of benzene rings is 1. The Morgan fingerprint density at radius 2 is 2.07 bits per heavy atom. The van der Waals surface area contributed by atoms with Crippen LogP contribution in [0.1, 0.15) is 23.6 Å². The molecule has 1 heterocycles. The van der Waals surface area contributed by atoms with Gasteiger partial charge in [-0.1, -0.05) is 24.3 Å². The van der Waals surface area contributed by atoms with Gasteiger partial charge in [-0.15, -0.1) is 0 Å². The molecule has 0 spiro atoms. The zero-order valence-electron chi connectivity index (χ0n) is 15.5. The molecule has 29 heavy (non-hydrogen) atoms. The summed E-state index contributed by atoms with van der Waals surface area (Å²) in [4.78, 5) is 1.91. The summed E-state index contributed by atoms with van der Waals surface area (Å²) in [5, 5.41) is 9.39. The molecule has 10 heteroatoms. The van der Waals surface area contributed by atoms with Gasteiger partial charge in [-0.05, 0) is 31.0 Å². The number of rotatable bonds is 4. The molecule has 0 N–H and O–H groups in total. The Morgan fingerprint density at radius 1 is 1.31 bits per heavy atom. The number of allylic oxidation sites excluding steroid dienone is 3. The number of nitriles is 1. The summed E-state index contributed by atoms with van der Waals surface area (Å²) in [6.45, 7) is 1.62. The third-order valence-electron chi connectivity index (χ3n) is 4.65. The standard InChI is InChI=1S/C19H19F3N2O4S/c1-13-10-24(11-15(28-13)12-27-29(25,26)19(20,21)22)18-8-7-14(9-23)16-5-3-2-4-6-17(16)18/h2-4,6-8,13,15H,5,10-12H2,1H3/t13-,15-/m1/s1. The summed E-state index contributed by atoms with van der Waals surface area (Å²) < 4.78 is 69.6. The van der Waals surface area contributed by atoms with Crippen LogP contribution in [-0.4, -0.2) is 45.8 Å². The molecule has 2 aliphatic rings. The van der Waals surface area contributed by atoms with Crippen molar-refractivity contribution >= 4 is 21.9 Å². The number of ether oxygens (including phenoxy) is 1. The molecule has 1 aromatic rings. The Morgan fingerprint density at radius 3 is 2.76 bits per heavy atom. The molecule has 1 aliphatic heterocycles. The smallest absolute Gasteiger partial charge is 0.369 e. The fraction of sp³-hybridized carbons (Fsp3) is 0.421. The van der Waals surface area contributed by atoms with Crippen molar-refractivity contribution in [1.82, 2.24) is 0 Å². The first-order valence-corrected chi connectivity index (χ1v) is 10.3. The third kappa shape index (κ3) is 4.63. The number of morpholine rings is 1. The predicted octanol–water partition coefficient (Wildman–Crippen LogP) is 3.14. The van der Waals surface area contributed by atoms with Gasteiger partial charge in [0.1, 0.15) is 6.10 Å². The second-order valence-electron chi connectivity index (χ2n) is 6.79. The molecule has 0 radical (unpaired) electrons. The minimum atomic E-state index is -5.68. The summed E-state index contributed by atoms with van der Waals surface area (Å²) in [6, 6.07) is 5.67. The van der Waals surface area contributed by atoms with E-state index >= 15 is 0 Å². The molecule has 0 aromatic heterocycles. The average molecular weight is 428 g/mol. The summed E-state index contributed by atoms with van der Waals surface area (Å²) in [6.07, 6.45) is 6.92. The van der Waals surface area contributed by atoms with Gasteiger partial charge in [-0.25, -0.2) is 0 Å². The molecule has 0 amide bonds. The number of anilines is 1. The van der Waals surface area contributed by atoms with E-state index in [-0.39, 0.29) is 12.6 Å². The van der Waals surface area contributed by atoms with Gasteiger partial charge in [-0.2, -0.15) is 26.9 Å². The van der Waals surface area contributed by atoms with Crippen LogP contribution in [0.4, 0.5) is 18.9 Å². The Balaban J connectivity index is 1.84. The third-order valence-corrected chi connectivity index (χ3v) is 5.66. The molecule has 1 aliphatic carbocycles. The first-order valence-electron chi connectivity index (χ1n) is 8.87. The highest BCUT2D eigenvalue weighted by molar-refractivity contribution is 7.87. The van der Waals surface area contributed by atoms with Gasteiger partial charge in [0, 0.05) is 24.3 Å². The topological polar surface area (TPSA) is 79.6 Å². The van der Waals surface area contributed by atoms with Gasteiger partial charge in [-0.3, -0.25) is 4.18 Å². The second kappa shape index (κ2) is 8.18. The van der Waals surface area contributed by atoms with E-state index in [1.54, 1.807) is 19.1 Å². The summed E-state index contributed by atoms with van der Waals surface area (Å²) in [5.74, 6) is 0. The van der Waals surface area contributed by atoms with Crippen LogP contribution in [0, 0.1) is 11.3 Å². The minimum Gasteiger partial charge on any atom is -0.369 e. The highest BCUT2D eigenvalue weighted by atomic mass is 32.2. The normalized spacial score (nSPS) is 22.1. The van der Waals surface area contributed by atoms with E-state index in [9.17, 15) is 26.9 Å². The molecule has 1 fully saturated rings. The van der Waals surface area contributed by atoms with Gasteiger partial charge in [0.05, 0.1) is 24.3 Å². The largest absolute Gasteiger partial charge is 0.523 e. The summed E-state index contributed by atoms with van der Waals surface area (Å²) in [5.41, 5.74) is -2.41. The lowest BCUT2D eigenvalue weighted by Crippen LogP contribution is -2.49. The quantitative estimate of drug-likeness (QED) is 0.542. The number of hydrogen-bond acceptors (Lipinski definition) is 6. The van der Waals surface area contributed by atoms with Crippen LogP contribution in [-0.2, 0) is 25.5 Å². The number of hydrogen-bond donors (Lipinski definition) is 0. The van der Waals surface area contributed by atoms with Crippen LogP contribution in [0.15, 0.2) is 30.4 Å². The monoisotopic (exact) mass is 428 g/mol. The zero-order valence-corrected chi connectivity index (χ0v) is 16.3. The van der Waals surface area contributed by atoms with Gasteiger partial charge < -0.3 is 9.64 Å². The molecule has 2 atom stereocenters. The van der Waals surface area contributed by atoms with Crippen molar-refractivity contribution in [3.8, 4) is 6.07 Å². The van der Waals surface area contributed by atoms with Gasteiger partial charge in [0.15, 0.2) is 0 Å². The molecule has 3 rings (SSSR count). The van der Waals surface area contributed by atoms with Crippen molar-refractivity contribution in [3.63, 3.8) is 0 Å². The Labute approximate surface area is 166 Å². The Kier molecular flexibility index (Phi) is 6.03. The molecule has 6 nitrogen and oxygen atoms in total. The number of fused-ring (bicyclic) bond motifs is 1. The fourth-order valence-electron chi connectivity index (χ4n) is 3.42. The maximum atomic E-state index is 12.5. The lowest BCUT2D eigenvalue weighted by atomic mass is 9.96. The molecule has 0 unspecified atom stereocenters. The van der Waals surface area contributed by atoms with Crippen molar-refractivity contribution in [2.45, 2.75) is 31.1 Å². The molecule has 0 bridgehead atoms. The van der Waals surface area contributed by atoms with E-state index < -0.39 is 28.3 Å². The highest BCUT2D eigenvalue weighted by Gasteiger charge is 2.47. The SMILES string of the molecule is C[C@@H]1CN(c2ccc(C#N)c3c2C=CC=CC3)C[C@H](COS(=O)(=O)C(F)(F)F)O1. The number of nitrogens with zero attached hydrogens (tertiary/aromatic N) is 2. The lowest BCUT2D eigenvalue weighted by molar-refractivity contribution is -0.0656. The highest BCUT2D eigenvalue weighted by Crippen LogP contribution is 2.32. The molecule has 156 valence electrons. The minimum absolute atomic E-state index is 0.150. The van der Waals surface area contributed by atoms with Crippen LogP contribution in [0.2, 0.25) is 0 Å². The van der Waals surface area contributed by atoms with Crippen LogP contribution < -0.4 is 4.90 Å². The molecular weight excluding hydrogens is 409 g/mol. The lowest BCUT2D eigenvalue weighted by Gasteiger charge is -2.39. The first kappa shape index (κ1) is 21.4. The van der Waals surface area contributed by atoms with Crippen LogP contribution in [0.3, 0.4) is 0 Å². The molecular formula is C19H19F3N2O4S. The van der Waals surface area contributed by atoms with E-state index in [2.05, 4.69) is 10.3 Å². The van der Waals surface area contributed by atoms with Crippen molar-refractivity contribution in [3.05, 3.63) is 47.1 Å². The predicted molar refractivity (Wildman–Crippen MR) is 101 cm³/mol. The van der Waals surface area contributed by atoms with Crippen molar-refractivity contribution in [1.29, 1.82) is 5.26 Å². The maximum absolute atomic E-state index is 12.5. The van der Waals surface area contributed by atoms with Crippen molar-refractivity contribution in [2.24, 2.45) is 0 Å². The van der Waals surface area contributed by atoms with Gasteiger partial charge in [0.25, 0.3) is 0 Å². The maximum Gasteiger partial charge on any atom is 0.523 e. The second-order valence-corrected chi connectivity index (χ2v) is 8.39. The summed E-state index contributed by atoms with van der Waals surface area (Å²) in [7, 11) is -5.68. The van der Waals surface area contributed by atoms with E-state index in [1.165, 1.54) is 0 Å². The van der Waals surface area contributed by atoms with Gasteiger partial charge >= 0.3 is 15.6 Å². The van der Waals surface area contributed by atoms with Crippen LogP contribution >= 0.6 is 0 Å². The van der Waals surface area contributed by atoms with Crippen molar-refractivity contribution < 1.29 is 30.5 Å². The summed E-state index contributed by atoms with van der Waals surface area (Å²) >= 11 is 0. The Hall–Kier alpha value is -2.35. The number of alkyl halides is 3. The van der Waals surface area contributed by atoms with Crippen molar-refractivity contribution in [2.75, 3.05) is 24.6 Å².